The highest BCUT2D eigenvalue weighted by Crippen LogP contribution is 2.24. The first-order valence-electron chi connectivity index (χ1n) is 8.11. The minimum atomic E-state index is -0.146. The van der Waals surface area contributed by atoms with Crippen molar-refractivity contribution in [2.45, 2.75) is 31.7 Å². The molecule has 8 heteroatoms. The van der Waals surface area contributed by atoms with E-state index in [-0.39, 0.29) is 5.56 Å². The van der Waals surface area contributed by atoms with Gasteiger partial charge in [0.25, 0.3) is 5.56 Å². The fourth-order valence-corrected chi connectivity index (χ4v) is 4.27. The minimum Gasteiger partial charge on any atom is -0.295 e. The maximum atomic E-state index is 12.2. The number of rotatable bonds is 4. The van der Waals surface area contributed by atoms with Gasteiger partial charge in [-0.3, -0.25) is 9.36 Å². The first-order chi connectivity index (χ1) is 12.5. The van der Waals surface area contributed by atoms with Gasteiger partial charge >= 0.3 is 0 Å². The van der Waals surface area contributed by atoms with Crippen LogP contribution in [0.1, 0.15) is 21.8 Å². The summed E-state index contributed by atoms with van der Waals surface area (Å²) in [5.74, 6) is 0.574. The number of aryl methyl sites for hydroxylation is 3. The van der Waals surface area contributed by atoms with E-state index in [9.17, 15) is 4.79 Å². The Balaban J connectivity index is 1.60. The number of hydrogen-bond donors (Lipinski definition) is 0. The van der Waals surface area contributed by atoms with E-state index in [1.807, 2.05) is 13.1 Å². The number of imidazole rings is 1. The average Bonchev–Trinajstić information content (AvgIpc) is 3.21. The second-order valence-corrected chi connectivity index (χ2v) is 8.14. The molecule has 0 aliphatic carbocycles. The van der Waals surface area contributed by atoms with Gasteiger partial charge in [-0.25, -0.2) is 9.97 Å². The van der Waals surface area contributed by atoms with Crippen LogP contribution in [-0.4, -0.2) is 24.1 Å². The summed E-state index contributed by atoms with van der Waals surface area (Å²) in [5, 5.41) is 5.86. The van der Waals surface area contributed by atoms with Crippen LogP contribution in [0.4, 0.5) is 0 Å². The number of benzene rings is 1. The van der Waals surface area contributed by atoms with E-state index in [1.165, 1.54) is 27.0 Å². The molecule has 0 atom stereocenters. The summed E-state index contributed by atoms with van der Waals surface area (Å²) in [4.78, 5) is 21.8. The molecule has 4 aromatic rings. The lowest BCUT2D eigenvalue weighted by atomic mass is 10.1. The van der Waals surface area contributed by atoms with Crippen LogP contribution in [0.25, 0.3) is 10.6 Å². The van der Waals surface area contributed by atoms with Gasteiger partial charge in [0.1, 0.15) is 5.01 Å². The van der Waals surface area contributed by atoms with Crippen molar-refractivity contribution >= 4 is 28.1 Å². The predicted octanol–water partition coefficient (Wildman–Crippen LogP) is 3.55. The second-order valence-electron chi connectivity index (χ2n) is 6.04. The molecule has 3 aromatic heterocycles. The Kier molecular flexibility index (Phi) is 4.37. The van der Waals surface area contributed by atoms with Gasteiger partial charge in [-0.05, 0) is 44.0 Å². The maximum Gasteiger partial charge on any atom is 0.275 e. The van der Waals surface area contributed by atoms with Crippen LogP contribution in [0.2, 0.25) is 0 Å². The molecule has 0 saturated carbocycles. The Morgan fingerprint density at radius 1 is 1.15 bits per heavy atom. The van der Waals surface area contributed by atoms with E-state index in [1.54, 1.807) is 24.0 Å². The van der Waals surface area contributed by atoms with E-state index in [4.69, 9.17) is 0 Å². The molecule has 6 nitrogen and oxygen atoms in total. The first kappa shape index (κ1) is 17.0. The number of thioether (sulfide) groups is 1. The van der Waals surface area contributed by atoms with E-state index in [2.05, 4.69) is 51.7 Å². The van der Waals surface area contributed by atoms with E-state index >= 15 is 0 Å². The Morgan fingerprint density at radius 2 is 2.00 bits per heavy atom. The molecule has 0 aliphatic rings. The lowest BCUT2D eigenvalue weighted by Crippen LogP contribution is -2.15. The molecule has 132 valence electrons. The van der Waals surface area contributed by atoms with Gasteiger partial charge in [0, 0.05) is 29.9 Å². The molecule has 0 unspecified atom stereocenters. The lowest BCUT2D eigenvalue weighted by Gasteiger charge is -2.09. The Hall–Kier alpha value is -2.45. The average molecular weight is 384 g/mol. The molecule has 3 heterocycles. The summed E-state index contributed by atoms with van der Waals surface area (Å²) < 4.78 is 3.41. The molecule has 0 N–H and O–H groups in total. The largest absolute Gasteiger partial charge is 0.295 e. The van der Waals surface area contributed by atoms with E-state index in [0.29, 0.717) is 10.7 Å². The van der Waals surface area contributed by atoms with Crippen LogP contribution in [0.3, 0.4) is 0 Å². The third-order valence-corrected chi connectivity index (χ3v) is 5.95. The molecule has 0 spiro atoms. The number of nitrogens with zero attached hydrogens (tertiary/aromatic N) is 5. The van der Waals surface area contributed by atoms with Crippen molar-refractivity contribution in [1.29, 1.82) is 0 Å². The third-order valence-electron chi connectivity index (χ3n) is 4.12. The first-order valence-corrected chi connectivity index (χ1v) is 9.91. The van der Waals surface area contributed by atoms with Gasteiger partial charge in [-0.1, -0.05) is 29.2 Å². The maximum absolute atomic E-state index is 12.2. The number of fused-ring (bicyclic) bond motifs is 1. The molecule has 26 heavy (non-hydrogen) atoms. The zero-order chi connectivity index (χ0) is 18.3. The van der Waals surface area contributed by atoms with Gasteiger partial charge in [-0.2, -0.15) is 9.61 Å². The highest BCUT2D eigenvalue weighted by molar-refractivity contribution is 7.98. The van der Waals surface area contributed by atoms with Crippen molar-refractivity contribution in [1.82, 2.24) is 24.1 Å². The Morgan fingerprint density at radius 3 is 2.81 bits per heavy atom. The summed E-state index contributed by atoms with van der Waals surface area (Å²) in [6.45, 7) is 6.07. The minimum absolute atomic E-state index is 0.146. The topological polar surface area (TPSA) is 65.1 Å². The SMILES string of the molecule is Cc1nn2c(=O)cc(CSc3nccn3-c3ccc(C)c(C)c3)nc2s1. The normalized spacial score (nSPS) is 11.3. The van der Waals surface area contributed by atoms with Gasteiger partial charge in [0.2, 0.25) is 4.96 Å². The summed E-state index contributed by atoms with van der Waals surface area (Å²) in [5.41, 5.74) is 4.18. The van der Waals surface area contributed by atoms with Crippen molar-refractivity contribution in [3.8, 4) is 5.69 Å². The van der Waals surface area contributed by atoms with Crippen LogP contribution in [0.5, 0.6) is 0 Å². The molecule has 0 bridgehead atoms. The predicted molar refractivity (Wildman–Crippen MR) is 104 cm³/mol. The van der Waals surface area contributed by atoms with Gasteiger partial charge in [0.15, 0.2) is 5.16 Å². The Labute approximate surface area is 158 Å². The summed E-state index contributed by atoms with van der Waals surface area (Å²) in [6.07, 6.45) is 3.74. The van der Waals surface area contributed by atoms with Crippen molar-refractivity contribution < 1.29 is 0 Å². The summed E-state index contributed by atoms with van der Waals surface area (Å²) in [7, 11) is 0. The molecule has 1 aromatic carbocycles. The monoisotopic (exact) mass is 383 g/mol. The third kappa shape index (κ3) is 3.17. The fraction of sp³-hybridized carbons (Fsp3) is 0.222. The van der Waals surface area contributed by atoms with Crippen molar-refractivity contribution in [2.24, 2.45) is 0 Å². The molecule has 0 fully saturated rings. The quantitative estimate of drug-likeness (QED) is 0.504. The molecule has 0 amide bonds. The van der Waals surface area contributed by atoms with Crippen LogP contribution in [0, 0.1) is 20.8 Å². The smallest absolute Gasteiger partial charge is 0.275 e. The van der Waals surface area contributed by atoms with Crippen LogP contribution < -0.4 is 5.56 Å². The molecular formula is C18H17N5OS2. The molecule has 4 rings (SSSR count). The molecule has 0 aliphatic heterocycles. The van der Waals surface area contributed by atoms with E-state index in [0.717, 1.165) is 21.5 Å². The summed E-state index contributed by atoms with van der Waals surface area (Å²) in [6, 6.07) is 7.90. The highest BCUT2D eigenvalue weighted by Gasteiger charge is 2.10. The second kappa shape index (κ2) is 6.69. The standard InChI is InChI=1S/C18H17N5OS2/c1-11-4-5-15(8-12(11)2)22-7-6-19-17(22)25-10-14-9-16(24)23-18(20-14)26-13(3)21-23/h4-9H,10H2,1-3H3. The highest BCUT2D eigenvalue weighted by atomic mass is 32.2. The van der Waals surface area contributed by atoms with Crippen LogP contribution >= 0.6 is 23.1 Å². The van der Waals surface area contributed by atoms with Crippen molar-refractivity contribution in [3.05, 3.63) is 68.8 Å². The van der Waals surface area contributed by atoms with E-state index < -0.39 is 0 Å². The molecular weight excluding hydrogens is 366 g/mol. The number of aromatic nitrogens is 5. The molecule has 0 radical (unpaired) electrons. The zero-order valence-corrected chi connectivity index (χ0v) is 16.3. The fourth-order valence-electron chi connectivity index (χ4n) is 2.63. The summed E-state index contributed by atoms with van der Waals surface area (Å²) >= 11 is 2.98. The van der Waals surface area contributed by atoms with Gasteiger partial charge in [0.05, 0.1) is 5.69 Å². The van der Waals surface area contributed by atoms with Crippen LogP contribution in [0.15, 0.2) is 46.6 Å². The van der Waals surface area contributed by atoms with Gasteiger partial charge in [-0.15, -0.1) is 0 Å². The Bertz CT molecular complexity index is 1160. The van der Waals surface area contributed by atoms with Crippen molar-refractivity contribution in [3.63, 3.8) is 0 Å². The van der Waals surface area contributed by atoms with Gasteiger partial charge < -0.3 is 0 Å². The number of hydrogen-bond acceptors (Lipinski definition) is 6. The molecule has 0 saturated heterocycles. The lowest BCUT2D eigenvalue weighted by molar-refractivity contribution is 0.869. The van der Waals surface area contributed by atoms with Crippen molar-refractivity contribution in [2.75, 3.05) is 0 Å². The zero-order valence-electron chi connectivity index (χ0n) is 14.6. The van der Waals surface area contributed by atoms with Crippen LogP contribution in [-0.2, 0) is 5.75 Å².